The first-order valence-electron chi connectivity index (χ1n) is 5.57. The highest BCUT2D eigenvalue weighted by Crippen LogP contribution is 2.16. The van der Waals surface area contributed by atoms with Crippen molar-refractivity contribution in [1.82, 2.24) is 0 Å². The summed E-state index contributed by atoms with van der Waals surface area (Å²) in [6, 6.07) is 0. The molecule has 0 aromatic heterocycles. The molecule has 1 unspecified atom stereocenters. The molecule has 0 aliphatic carbocycles. The van der Waals surface area contributed by atoms with Crippen molar-refractivity contribution < 1.29 is 28.2 Å². The third-order valence-corrected chi connectivity index (χ3v) is 2.06. The number of methoxy groups -OCH3 is 1. The van der Waals surface area contributed by atoms with Crippen LogP contribution < -0.4 is 0 Å². The van der Waals surface area contributed by atoms with Crippen molar-refractivity contribution in [3.05, 3.63) is 0 Å². The van der Waals surface area contributed by atoms with Gasteiger partial charge in [0.15, 0.2) is 5.78 Å². The Balaban J connectivity index is 4.55. The zero-order chi connectivity index (χ0) is 14.3. The van der Waals surface area contributed by atoms with Gasteiger partial charge in [0.1, 0.15) is 12.3 Å². The maximum Gasteiger partial charge on any atom is 0.307 e. The van der Waals surface area contributed by atoms with E-state index in [0.29, 0.717) is 0 Å². The van der Waals surface area contributed by atoms with Crippen LogP contribution in [0.3, 0.4) is 0 Å². The predicted molar refractivity (Wildman–Crippen MR) is 61.6 cm³/mol. The Morgan fingerprint density at radius 3 is 2.00 bits per heavy atom. The largest absolute Gasteiger partial charge is 0.469 e. The third kappa shape index (κ3) is 6.98. The molecule has 0 bridgehead atoms. The van der Waals surface area contributed by atoms with Crippen molar-refractivity contribution in [3.8, 4) is 0 Å². The van der Waals surface area contributed by atoms with Crippen molar-refractivity contribution in [2.24, 2.45) is 5.92 Å². The molecule has 1 atom stereocenters. The van der Waals surface area contributed by atoms with E-state index in [1.54, 1.807) is 20.8 Å². The number of carbonyl (C=O) groups is 3. The van der Waals surface area contributed by atoms with E-state index in [1.165, 1.54) is 0 Å². The van der Waals surface area contributed by atoms with Gasteiger partial charge < -0.3 is 9.47 Å². The topological polar surface area (TPSA) is 69.7 Å². The number of halogens is 1. The number of Topliss-reactive ketones (excluding diaryl/α,β-unsaturated/α-hetero) is 1. The Morgan fingerprint density at radius 2 is 1.61 bits per heavy atom. The molecule has 0 heterocycles. The molecule has 0 saturated heterocycles. The van der Waals surface area contributed by atoms with Gasteiger partial charge in [-0.3, -0.25) is 14.4 Å². The van der Waals surface area contributed by atoms with Crippen molar-refractivity contribution >= 4 is 17.7 Å². The second-order valence-electron chi connectivity index (χ2n) is 4.87. The minimum atomic E-state index is -1.22. The second kappa shape index (κ2) is 7.08. The van der Waals surface area contributed by atoms with E-state index in [2.05, 4.69) is 4.74 Å². The van der Waals surface area contributed by atoms with Gasteiger partial charge in [0.05, 0.1) is 20.0 Å². The van der Waals surface area contributed by atoms with Crippen LogP contribution in [0.15, 0.2) is 0 Å². The highest BCUT2D eigenvalue weighted by atomic mass is 19.1. The molecule has 0 fully saturated rings. The number of ether oxygens (including phenoxy) is 2. The van der Waals surface area contributed by atoms with Gasteiger partial charge in [-0.1, -0.05) is 0 Å². The molecule has 18 heavy (non-hydrogen) atoms. The summed E-state index contributed by atoms with van der Waals surface area (Å²) in [6.45, 7) is 3.82. The Bertz CT molecular complexity index is 319. The Morgan fingerprint density at radius 1 is 1.11 bits per heavy atom. The van der Waals surface area contributed by atoms with E-state index in [-0.39, 0.29) is 12.8 Å². The second-order valence-corrected chi connectivity index (χ2v) is 4.87. The van der Waals surface area contributed by atoms with Gasteiger partial charge in [-0.15, -0.1) is 0 Å². The molecule has 5 nitrogen and oxygen atoms in total. The first-order chi connectivity index (χ1) is 8.19. The van der Waals surface area contributed by atoms with Crippen LogP contribution in [-0.2, 0) is 23.9 Å². The molecular weight excluding hydrogens is 243 g/mol. The number of hydrogen-bond donors (Lipinski definition) is 0. The fourth-order valence-corrected chi connectivity index (χ4v) is 1.28. The molecular formula is C12H19FO5. The molecule has 0 aromatic carbocycles. The maximum absolute atomic E-state index is 12.3. The van der Waals surface area contributed by atoms with Crippen LogP contribution in [-0.4, -0.2) is 37.1 Å². The summed E-state index contributed by atoms with van der Waals surface area (Å²) in [5, 5.41) is 0. The summed E-state index contributed by atoms with van der Waals surface area (Å²) in [5.74, 6) is -3.13. The first kappa shape index (κ1) is 16.5. The van der Waals surface area contributed by atoms with Gasteiger partial charge in [-0.05, 0) is 20.8 Å². The lowest BCUT2D eigenvalue weighted by Gasteiger charge is -2.21. The van der Waals surface area contributed by atoms with Gasteiger partial charge in [-0.25, -0.2) is 4.39 Å². The summed E-state index contributed by atoms with van der Waals surface area (Å²) >= 11 is 0. The van der Waals surface area contributed by atoms with Crippen LogP contribution in [0.1, 0.15) is 33.6 Å². The molecule has 0 aromatic rings. The van der Waals surface area contributed by atoms with E-state index >= 15 is 0 Å². The van der Waals surface area contributed by atoms with Gasteiger partial charge >= 0.3 is 11.9 Å². The van der Waals surface area contributed by atoms with Crippen molar-refractivity contribution in [2.75, 3.05) is 13.8 Å². The monoisotopic (exact) mass is 262 g/mol. The molecule has 0 spiro atoms. The number of ketones is 1. The van der Waals surface area contributed by atoms with Crippen LogP contribution in [0.5, 0.6) is 0 Å². The van der Waals surface area contributed by atoms with Crippen LogP contribution in [0, 0.1) is 5.92 Å². The van der Waals surface area contributed by atoms with E-state index in [0.717, 1.165) is 7.11 Å². The van der Waals surface area contributed by atoms with Crippen LogP contribution in [0.2, 0.25) is 0 Å². The highest BCUT2D eigenvalue weighted by Gasteiger charge is 2.27. The lowest BCUT2D eigenvalue weighted by molar-refractivity contribution is -0.158. The SMILES string of the molecule is COC(=O)CC(CC(=O)OC(C)(C)C)C(=O)CF. The quantitative estimate of drug-likeness (QED) is 0.677. The average Bonchev–Trinajstić information content (AvgIpc) is 2.24. The van der Waals surface area contributed by atoms with Crippen LogP contribution in [0.4, 0.5) is 4.39 Å². The Hall–Kier alpha value is -1.46. The zero-order valence-corrected chi connectivity index (χ0v) is 11.1. The third-order valence-electron chi connectivity index (χ3n) is 2.06. The van der Waals surface area contributed by atoms with Gasteiger partial charge in [0.2, 0.25) is 0 Å². The van der Waals surface area contributed by atoms with Gasteiger partial charge in [0.25, 0.3) is 0 Å². The molecule has 0 aliphatic rings. The number of alkyl halides is 1. The van der Waals surface area contributed by atoms with Crippen molar-refractivity contribution in [1.29, 1.82) is 0 Å². The number of hydrogen-bond acceptors (Lipinski definition) is 5. The Kier molecular flexibility index (Phi) is 6.51. The molecule has 6 heteroatoms. The highest BCUT2D eigenvalue weighted by molar-refractivity contribution is 5.89. The van der Waals surface area contributed by atoms with E-state index in [9.17, 15) is 18.8 Å². The molecule has 0 amide bonds. The van der Waals surface area contributed by atoms with Gasteiger partial charge in [0, 0.05) is 5.92 Å². The van der Waals surface area contributed by atoms with E-state index < -0.39 is 35.9 Å². The number of carbonyl (C=O) groups excluding carboxylic acids is 3. The van der Waals surface area contributed by atoms with Crippen LogP contribution in [0.25, 0.3) is 0 Å². The van der Waals surface area contributed by atoms with E-state index in [1.807, 2.05) is 0 Å². The average molecular weight is 262 g/mol. The lowest BCUT2D eigenvalue weighted by Crippen LogP contribution is -2.29. The molecule has 0 aliphatic heterocycles. The minimum Gasteiger partial charge on any atom is -0.469 e. The summed E-state index contributed by atoms with van der Waals surface area (Å²) in [4.78, 5) is 33.8. The molecule has 0 N–H and O–H groups in total. The first-order valence-corrected chi connectivity index (χ1v) is 5.57. The lowest BCUT2D eigenvalue weighted by atomic mass is 9.97. The standard InChI is InChI=1S/C12H19FO5/c1-12(2,3)18-11(16)6-8(9(14)7-13)5-10(15)17-4/h8H,5-7H2,1-4H3. The van der Waals surface area contributed by atoms with Gasteiger partial charge in [-0.2, -0.15) is 0 Å². The fraction of sp³-hybridized carbons (Fsp3) is 0.750. The fourth-order valence-electron chi connectivity index (χ4n) is 1.28. The summed E-state index contributed by atoms with van der Waals surface area (Å²) in [6.07, 6.45) is -0.645. The zero-order valence-electron chi connectivity index (χ0n) is 11.1. The van der Waals surface area contributed by atoms with Crippen molar-refractivity contribution in [2.45, 2.75) is 39.2 Å². The Labute approximate surface area is 106 Å². The maximum atomic E-state index is 12.3. The minimum absolute atomic E-state index is 0.321. The summed E-state index contributed by atoms with van der Waals surface area (Å²) in [7, 11) is 1.16. The molecule has 0 saturated carbocycles. The number of rotatable bonds is 6. The smallest absolute Gasteiger partial charge is 0.307 e. The number of esters is 2. The van der Waals surface area contributed by atoms with E-state index in [4.69, 9.17) is 4.74 Å². The normalized spacial score (nSPS) is 12.7. The molecule has 0 rings (SSSR count). The summed E-state index contributed by atoms with van der Waals surface area (Å²) < 4.78 is 21.7. The predicted octanol–water partition coefficient (Wildman–Crippen LogP) is 1.44. The van der Waals surface area contributed by atoms with Crippen LogP contribution >= 0.6 is 0 Å². The van der Waals surface area contributed by atoms with Crippen molar-refractivity contribution in [3.63, 3.8) is 0 Å². The summed E-state index contributed by atoms with van der Waals surface area (Å²) in [5.41, 5.74) is -0.689. The molecule has 104 valence electrons. The molecule has 0 radical (unpaired) electrons.